The van der Waals surface area contributed by atoms with Gasteiger partial charge in [0, 0.05) is 58.9 Å². The summed E-state index contributed by atoms with van der Waals surface area (Å²) in [6, 6.07) is 12.0. The molecule has 7 heteroatoms. The van der Waals surface area contributed by atoms with Crippen LogP contribution >= 0.6 is 11.3 Å². The summed E-state index contributed by atoms with van der Waals surface area (Å²) in [6.45, 7) is 3.95. The van der Waals surface area contributed by atoms with Crippen LogP contribution in [0.5, 0.6) is 0 Å². The second-order valence-electron chi connectivity index (χ2n) is 7.60. The van der Waals surface area contributed by atoms with Gasteiger partial charge in [-0.15, -0.1) is 11.3 Å². The molecule has 4 aromatic heterocycles. The average Bonchev–Trinajstić information content (AvgIpc) is 3.45. The second kappa shape index (κ2) is 7.52. The summed E-state index contributed by atoms with van der Waals surface area (Å²) in [5, 5.41) is 7.28. The second-order valence-corrected chi connectivity index (χ2v) is 8.50. The molecule has 0 saturated carbocycles. The van der Waals surface area contributed by atoms with Gasteiger partial charge in [-0.25, -0.2) is 4.98 Å². The third-order valence-corrected chi connectivity index (χ3v) is 6.24. The average molecular weight is 428 g/mol. The maximum Gasteiger partial charge on any atom is 0.258 e. The fraction of sp³-hybridized carbons (Fsp3) is 0.125. The summed E-state index contributed by atoms with van der Waals surface area (Å²) >= 11 is 1.60. The monoisotopic (exact) mass is 427 g/mol. The van der Waals surface area contributed by atoms with Crippen molar-refractivity contribution in [3.63, 3.8) is 0 Å². The number of hydrogen-bond donors (Lipinski definition) is 2. The molecular weight excluding hydrogens is 406 g/mol. The van der Waals surface area contributed by atoms with Gasteiger partial charge in [-0.1, -0.05) is 6.07 Å². The van der Waals surface area contributed by atoms with Gasteiger partial charge in [0.25, 0.3) is 5.56 Å². The van der Waals surface area contributed by atoms with E-state index in [9.17, 15) is 4.79 Å². The molecule has 0 saturated heterocycles. The van der Waals surface area contributed by atoms with E-state index in [1.807, 2.05) is 75.1 Å². The third-order valence-electron chi connectivity index (χ3n) is 5.41. The van der Waals surface area contributed by atoms with Gasteiger partial charge in [-0.05, 0) is 55.3 Å². The first-order valence-corrected chi connectivity index (χ1v) is 10.8. The molecule has 0 radical (unpaired) electrons. The lowest BCUT2D eigenvalue weighted by molar-refractivity contribution is 0.905. The summed E-state index contributed by atoms with van der Waals surface area (Å²) in [6.07, 6.45) is 5.56. The van der Waals surface area contributed by atoms with E-state index in [0.717, 1.165) is 49.8 Å². The van der Waals surface area contributed by atoms with Crippen LogP contribution in [0.4, 0.5) is 11.5 Å². The van der Waals surface area contributed by atoms with Crippen molar-refractivity contribution in [2.45, 2.75) is 13.8 Å². The van der Waals surface area contributed by atoms with Crippen LogP contribution in [0.1, 0.15) is 11.3 Å². The van der Waals surface area contributed by atoms with Crippen LogP contribution in [0.25, 0.3) is 32.6 Å². The lowest BCUT2D eigenvalue weighted by Crippen LogP contribution is -2.19. The maximum atomic E-state index is 13.2. The van der Waals surface area contributed by atoms with Crippen LogP contribution in [0.2, 0.25) is 0 Å². The molecule has 0 spiro atoms. The number of anilines is 2. The Morgan fingerprint density at radius 2 is 1.94 bits per heavy atom. The predicted molar refractivity (Wildman–Crippen MR) is 127 cm³/mol. The smallest absolute Gasteiger partial charge is 0.258 e. The van der Waals surface area contributed by atoms with Gasteiger partial charge in [0.15, 0.2) is 0 Å². The minimum atomic E-state index is -0.0238. The fourth-order valence-corrected chi connectivity index (χ4v) is 4.39. The largest absolute Gasteiger partial charge is 0.347 e. The van der Waals surface area contributed by atoms with Crippen LogP contribution in [0.3, 0.4) is 0 Å². The van der Waals surface area contributed by atoms with Crippen molar-refractivity contribution >= 4 is 33.7 Å². The molecule has 4 heterocycles. The van der Waals surface area contributed by atoms with E-state index in [0.29, 0.717) is 5.56 Å². The number of hydrogen-bond acceptors (Lipinski definition) is 5. The van der Waals surface area contributed by atoms with Crippen LogP contribution < -0.4 is 10.9 Å². The van der Waals surface area contributed by atoms with Crippen LogP contribution in [0.15, 0.2) is 65.2 Å². The van der Waals surface area contributed by atoms with Gasteiger partial charge < -0.3 is 14.9 Å². The molecule has 0 amide bonds. The molecule has 0 aliphatic heterocycles. The first-order chi connectivity index (χ1) is 15.0. The molecule has 0 atom stereocenters. The topological polar surface area (TPSA) is 75.6 Å². The van der Waals surface area contributed by atoms with E-state index in [4.69, 9.17) is 0 Å². The number of fused-ring (bicyclic) bond motifs is 1. The highest BCUT2D eigenvalue weighted by atomic mass is 32.1. The van der Waals surface area contributed by atoms with E-state index in [1.165, 1.54) is 0 Å². The molecule has 0 bridgehead atoms. The molecule has 0 fully saturated rings. The van der Waals surface area contributed by atoms with Crippen molar-refractivity contribution in [2.24, 2.45) is 7.05 Å². The molecule has 31 heavy (non-hydrogen) atoms. The van der Waals surface area contributed by atoms with Crippen molar-refractivity contribution in [1.82, 2.24) is 19.5 Å². The Hall–Kier alpha value is -3.71. The molecule has 1 aromatic carbocycles. The minimum absolute atomic E-state index is 0.0238. The SMILES string of the molecule is Cc1cc2c(cn1)cc(-c1cc(Nc3cc(-c4nccs4)c[nH]3)ccc1C)c(=O)n2C. The number of aryl methyl sites for hydroxylation is 3. The predicted octanol–water partition coefficient (Wildman–Crippen LogP) is 5.41. The van der Waals surface area contributed by atoms with Crippen molar-refractivity contribution < 1.29 is 0 Å². The zero-order chi connectivity index (χ0) is 21.5. The van der Waals surface area contributed by atoms with Gasteiger partial charge in [0.05, 0.1) is 5.52 Å². The Morgan fingerprint density at radius 3 is 2.74 bits per heavy atom. The van der Waals surface area contributed by atoms with Gasteiger partial charge >= 0.3 is 0 Å². The van der Waals surface area contributed by atoms with E-state index >= 15 is 0 Å². The Kier molecular flexibility index (Phi) is 4.67. The first-order valence-electron chi connectivity index (χ1n) is 9.92. The third kappa shape index (κ3) is 3.53. The van der Waals surface area contributed by atoms with Crippen LogP contribution in [0, 0.1) is 13.8 Å². The molecule has 0 aliphatic rings. The Labute approximate surface area is 183 Å². The Morgan fingerprint density at radius 1 is 1.06 bits per heavy atom. The normalized spacial score (nSPS) is 11.2. The van der Waals surface area contributed by atoms with E-state index < -0.39 is 0 Å². The lowest BCUT2D eigenvalue weighted by atomic mass is 9.99. The number of thiazole rings is 1. The molecule has 6 nitrogen and oxygen atoms in total. The molecule has 2 N–H and O–H groups in total. The van der Waals surface area contributed by atoms with Gasteiger partial charge in [0.1, 0.15) is 10.8 Å². The molecular formula is C24H21N5OS. The van der Waals surface area contributed by atoms with Crippen LogP contribution in [-0.2, 0) is 7.05 Å². The number of pyridine rings is 2. The fourth-order valence-electron chi connectivity index (χ4n) is 3.76. The van der Waals surface area contributed by atoms with E-state index in [-0.39, 0.29) is 5.56 Å². The molecule has 5 rings (SSSR count). The Bertz CT molecular complexity index is 1460. The number of nitrogens with one attached hydrogen (secondary N) is 2. The first kappa shape index (κ1) is 19.3. The number of benzene rings is 1. The van der Waals surface area contributed by atoms with Crippen LogP contribution in [-0.4, -0.2) is 19.5 Å². The summed E-state index contributed by atoms with van der Waals surface area (Å²) < 4.78 is 1.70. The highest BCUT2D eigenvalue weighted by molar-refractivity contribution is 7.13. The number of rotatable bonds is 4. The quantitative estimate of drug-likeness (QED) is 0.402. The maximum absolute atomic E-state index is 13.2. The van der Waals surface area contributed by atoms with Crippen molar-refractivity contribution in [2.75, 3.05) is 5.32 Å². The van der Waals surface area contributed by atoms with Gasteiger partial charge in [0.2, 0.25) is 0 Å². The lowest BCUT2D eigenvalue weighted by Gasteiger charge is -2.13. The Balaban J connectivity index is 1.54. The highest BCUT2D eigenvalue weighted by Gasteiger charge is 2.13. The zero-order valence-corrected chi connectivity index (χ0v) is 18.2. The molecule has 0 aliphatic carbocycles. The van der Waals surface area contributed by atoms with E-state index in [2.05, 4.69) is 20.3 Å². The van der Waals surface area contributed by atoms with Crippen molar-refractivity contribution in [3.8, 4) is 21.7 Å². The van der Waals surface area contributed by atoms with E-state index in [1.54, 1.807) is 22.1 Å². The minimum Gasteiger partial charge on any atom is -0.347 e. The molecule has 0 unspecified atom stereocenters. The highest BCUT2D eigenvalue weighted by Crippen LogP contribution is 2.30. The molecule has 5 aromatic rings. The summed E-state index contributed by atoms with van der Waals surface area (Å²) in [5.74, 6) is 0.867. The summed E-state index contributed by atoms with van der Waals surface area (Å²) in [5.41, 5.74) is 6.29. The van der Waals surface area contributed by atoms with Gasteiger partial charge in [-0.3, -0.25) is 9.78 Å². The number of aromatic amines is 1. The van der Waals surface area contributed by atoms with Crippen molar-refractivity contribution in [3.05, 3.63) is 82.0 Å². The van der Waals surface area contributed by atoms with Crippen molar-refractivity contribution in [1.29, 1.82) is 0 Å². The number of aromatic nitrogens is 4. The zero-order valence-electron chi connectivity index (χ0n) is 17.4. The summed E-state index contributed by atoms with van der Waals surface area (Å²) in [7, 11) is 1.81. The van der Waals surface area contributed by atoms with Gasteiger partial charge in [-0.2, -0.15) is 0 Å². The number of nitrogens with zero attached hydrogens (tertiary/aromatic N) is 3. The number of H-pyrrole nitrogens is 1. The molecule has 154 valence electrons. The standard InChI is InChI=1S/C24H21N5OS/c1-14-4-5-18(28-22-10-17(13-27-22)23-25-6-7-31-23)11-19(14)20-9-16-12-26-15(2)8-21(16)29(3)24(20)30/h4-13,27-28H,1-3H3. The summed E-state index contributed by atoms with van der Waals surface area (Å²) in [4.78, 5) is 25.2.